The average Bonchev–Trinajstić information content (AvgIpc) is 2.24. The lowest BCUT2D eigenvalue weighted by Crippen LogP contribution is -2.30. The lowest BCUT2D eigenvalue weighted by Gasteiger charge is -2.28. The van der Waals surface area contributed by atoms with E-state index < -0.39 is 24.1 Å². The van der Waals surface area contributed by atoms with E-state index in [1.165, 1.54) is 18.2 Å². The highest BCUT2D eigenvalue weighted by molar-refractivity contribution is 5.65. The Morgan fingerprint density at radius 3 is 2.47 bits per heavy atom. The summed E-state index contributed by atoms with van der Waals surface area (Å²) >= 11 is 0. The van der Waals surface area contributed by atoms with Crippen molar-refractivity contribution in [2.45, 2.75) is 39.4 Å². The second-order valence-electron chi connectivity index (χ2n) is 5.71. The summed E-state index contributed by atoms with van der Waals surface area (Å²) in [5, 5.41) is 10.2. The Morgan fingerprint density at radius 1 is 1.42 bits per heavy atom. The molecule has 1 aromatic rings. The number of halogens is 1. The van der Waals surface area contributed by atoms with Gasteiger partial charge in [-0.05, 0) is 17.9 Å². The van der Waals surface area contributed by atoms with Gasteiger partial charge in [-0.1, -0.05) is 39.0 Å². The highest BCUT2D eigenvalue weighted by Crippen LogP contribution is 2.31. The van der Waals surface area contributed by atoms with E-state index in [1.807, 2.05) is 20.8 Å². The molecule has 0 aliphatic heterocycles. The Morgan fingerprint density at radius 2 is 2.00 bits per heavy atom. The van der Waals surface area contributed by atoms with Gasteiger partial charge >= 0.3 is 6.09 Å². The van der Waals surface area contributed by atoms with Crippen LogP contribution in [0, 0.1) is 11.2 Å². The van der Waals surface area contributed by atoms with E-state index in [4.69, 9.17) is 10.5 Å². The number of amides is 1. The fourth-order valence-electron chi connectivity index (χ4n) is 1.91. The van der Waals surface area contributed by atoms with Crippen LogP contribution in [0.5, 0.6) is 0 Å². The Hall–Kier alpha value is -1.62. The first kappa shape index (κ1) is 15.4. The highest BCUT2D eigenvalue weighted by Gasteiger charge is 2.30. The minimum absolute atomic E-state index is 0.123. The van der Waals surface area contributed by atoms with Gasteiger partial charge in [-0.3, -0.25) is 0 Å². The Balaban J connectivity index is 3.01. The molecule has 0 aliphatic rings. The van der Waals surface area contributed by atoms with Crippen molar-refractivity contribution in [3.8, 4) is 0 Å². The van der Waals surface area contributed by atoms with Crippen LogP contribution in [-0.4, -0.2) is 17.3 Å². The van der Waals surface area contributed by atoms with E-state index in [9.17, 15) is 14.3 Å². The molecule has 19 heavy (non-hydrogen) atoms. The van der Waals surface area contributed by atoms with Crippen molar-refractivity contribution in [2.24, 2.45) is 11.1 Å². The van der Waals surface area contributed by atoms with Gasteiger partial charge in [0.15, 0.2) is 6.10 Å². The first-order valence-electron chi connectivity index (χ1n) is 6.09. The van der Waals surface area contributed by atoms with Gasteiger partial charge in [-0.25, -0.2) is 9.18 Å². The molecule has 4 nitrogen and oxygen atoms in total. The molecule has 106 valence electrons. The summed E-state index contributed by atoms with van der Waals surface area (Å²) < 4.78 is 18.6. The lowest BCUT2D eigenvalue weighted by atomic mass is 9.86. The molecule has 1 aromatic carbocycles. The quantitative estimate of drug-likeness (QED) is 0.882. The van der Waals surface area contributed by atoms with Gasteiger partial charge in [0.1, 0.15) is 5.82 Å². The van der Waals surface area contributed by atoms with Crippen molar-refractivity contribution < 1.29 is 19.0 Å². The Labute approximate surface area is 112 Å². The second kappa shape index (κ2) is 6.02. The monoisotopic (exact) mass is 269 g/mol. The SMILES string of the molecule is CC(C)(C)CC(O)C(OC(N)=O)c1ccccc1F. The van der Waals surface area contributed by atoms with Gasteiger partial charge in [0, 0.05) is 5.56 Å². The summed E-state index contributed by atoms with van der Waals surface area (Å²) in [6.45, 7) is 5.79. The first-order chi connectivity index (χ1) is 8.70. The van der Waals surface area contributed by atoms with Crippen LogP contribution in [0.3, 0.4) is 0 Å². The van der Waals surface area contributed by atoms with Crippen LogP contribution in [0.25, 0.3) is 0 Å². The number of carbonyl (C=O) groups excluding carboxylic acids is 1. The molecule has 1 amide bonds. The predicted octanol–water partition coefficient (Wildman–Crippen LogP) is 2.76. The van der Waals surface area contributed by atoms with Crippen LogP contribution >= 0.6 is 0 Å². The third kappa shape index (κ3) is 4.87. The number of ether oxygens (including phenoxy) is 1. The summed E-state index contributed by atoms with van der Waals surface area (Å²) in [4.78, 5) is 10.9. The van der Waals surface area contributed by atoms with E-state index in [2.05, 4.69) is 0 Å². The molecule has 0 bridgehead atoms. The van der Waals surface area contributed by atoms with Gasteiger partial charge in [-0.15, -0.1) is 0 Å². The van der Waals surface area contributed by atoms with Crippen molar-refractivity contribution in [2.75, 3.05) is 0 Å². The number of rotatable bonds is 4. The smallest absolute Gasteiger partial charge is 0.405 e. The van der Waals surface area contributed by atoms with E-state index in [1.54, 1.807) is 6.07 Å². The number of carbonyl (C=O) groups is 1. The number of nitrogens with two attached hydrogens (primary N) is 1. The maximum absolute atomic E-state index is 13.7. The van der Waals surface area contributed by atoms with Gasteiger partial charge in [-0.2, -0.15) is 0 Å². The van der Waals surface area contributed by atoms with Crippen LogP contribution in [0.15, 0.2) is 24.3 Å². The number of aliphatic hydroxyl groups excluding tert-OH is 1. The summed E-state index contributed by atoms with van der Waals surface area (Å²) in [6.07, 6.45) is -2.82. The number of primary amides is 1. The minimum atomic E-state index is -1.10. The van der Waals surface area contributed by atoms with Gasteiger partial charge < -0.3 is 15.6 Å². The fourth-order valence-corrected chi connectivity index (χ4v) is 1.91. The number of hydrogen-bond donors (Lipinski definition) is 2. The van der Waals surface area contributed by atoms with Gasteiger partial charge in [0.05, 0.1) is 6.10 Å². The first-order valence-corrected chi connectivity index (χ1v) is 6.09. The van der Waals surface area contributed by atoms with Gasteiger partial charge in [0.25, 0.3) is 0 Å². The van der Waals surface area contributed by atoms with Gasteiger partial charge in [0.2, 0.25) is 0 Å². The molecular weight excluding hydrogens is 249 g/mol. The molecule has 0 fully saturated rings. The molecular formula is C14H20FNO3. The standard InChI is InChI=1S/C14H20FNO3/c1-14(2,3)8-11(17)12(19-13(16)18)9-6-4-5-7-10(9)15/h4-7,11-12,17H,8H2,1-3H3,(H2,16,18). The lowest BCUT2D eigenvalue weighted by molar-refractivity contribution is -0.0160. The van der Waals surface area contributed by atoms with E-state index >= 15 is 0 Å². The maximum atomic E-state index is 13.7. The predicted molar refractivity (Wildman–Crippen MR) is 69.9 cm³/mol. The molecule has 5 heteroatoms. The van der Waals surface area contributed by atoms with Crippen molar-refractivity contribution >= 4 is 6.09 Å². The van der Waals surface area contributed by atoms with Crippen molar-refractivity contribution in [1.82, 2.24) is 0 Å². The van der Waals surface area contributed by atoms with Crippen molar-refractivity contribution in [1.29, 1.82) is 0 Å². The molecule has 1 rings (SSSR count). The number of aliphatic hydroxyl groups is 1. The Kier molecular flexibility index (Phi) is 4.89. The van der Waals surface area contributed by atoms with Crippen molar-refractivity contribution in [3.63, 3.8) is 0 Å². The highest BCUT2D eigenvalue weighted by atomic mass is 19.1. The topological polar surface area (TPSA) is 72.6 Å². The third-order valence-electron chi connectivity index (χ3n) is 2.63. The minimum Gasteiger partial charge on any atom is -0.439 e. The molecule has 0 radical (unpaired) electrons. The molecule has 0 spiro atoms. The molecule has 0 saturated heterocycles. The summed E-state index contributed by atoms with van der Waals surface area (Å²) in [6, 6.07) is 5.85. The van der Waals surface area contributed by atoms with Crippen LogP contribution in [0.2, 0.25) is 0 Å². The molecule has 2 unspecified atom stereocenters. The average molecular weight is 269 g/mol. The van der Waals surface area contributed by atoms with Crippen LogP contribution in [0.1, 0.15) is 38.9 Å². The van der Waals surface area contributed by atoms with E-state index in [0.29, 0.717) is 6.42 Å². The zero-order chi connectivity index (χ0) is 14.6. The molecule has 0 saturated carbocycles. The normalized spacial score (nSPS) is 14.8. The largest absolute Gasteiger partial charge is 0.439 e. The zero-order valence-corrected chi connectivity index (χ0v) is 11.4. The summed E-state index contributed by atoms with van der Waals surface area (Å²) in [5.41, 5.74) is 4.92. The van der Waals surface area contributed by atoms with Crippen LogP contribution in [-0.2, 0) is 4.74 Å². The van der Waals surface area contributed by atoms with Crippen LogP contribution in [0.4, 0.5) is 9.18 Å². The zero-order valence-electron chi connectivity index (χ0n) is 11.4. The van der Waals surface area contributed by atoms with E-state index in [0.717, 1.165) is 0 Å². The van der Waals surface area contributed by atoms with E-state index in [-0.39, 0.29) is 11.0 Å². The summed E-state index contributed by atoms with van der Waals surface area (Å²) in [7, 11) is 0. The molecule has 0 heterocycles. The van der Waals surface area contributed by atoms with Crippen molar-refractivity contribution in [3.05, 3.63) is 35.6 Å². The third-order valence-corrected chi connectivity index (χ3v) is 2.63. The second-order valence-corrected chi connectivity index (χ2v) is 5.71. The Bertz CT molecular complexity index is 443. The fraction of sp³-hybridized carbons (Fsp3) is 0.500. The molecule has 0 aromatic heterocycles. The summed E-state index contributed by atoms with van der Waals surface area (Å²) in [5.74, 6) is -0.540. The molecule has 2 atom stereocenters. The number of benzene rings is 1. The molecule has 3 N–H and O–H groups in total. The maximum Gasteiger partial charge on any atom is 0.405 e. The number of hydrogen-bond acceptors (Lipinski definition) is 3. The molecule has 0 aliphatic carbocycles. The van der Waals surface area contributed by atoms with Crippen LogP contribution < -0.4 is 5.73 Å².